The first kappa shape index (κ1) is 14.0. The van der Waals surface area contributed by atoms with Crippen molar-refractivity contribution in [1.29, 1.82) is 0 Å². The van der Waals surface area contributed by atoms with E-state index in [-0.39, 0.29) is 29.8 Å². The fourth-order valence-corrected chi connectivity index (χ4v) is 1.62. The molecule has 0 radical (unpaired) electrons. The van der Waals surface area contributed by atoms with Crippen molar-refractivity contribution in [2.75, 3.05) is 5.73 Å². The van der Waals surface area contributed by atoms with Crippen molar-refractivity contribution in [3.63, 3.8) is 0 Å². The van der Waals surface area contributed by atoms with Crippen LogP contribution >= 0.6 is 0 Å². The van der Waals surface area contributed by atoms with Gasteiger partial charge < -0.3 is 15.6 Å². The van der Waals surface area contributed by atoms with Crippen LogP contribution in [0.1, 0.15) is 47.5 Å². The van der Waals surface area contributed by atoms with Gasteiger partial charge in [0.1, 0.15) is 17.3 Å². The summed E-state index contributed by atoms with van der Waals surface area (Å²) in [4.78, 5) is 20.4. The van der Waals surface area contributed by atoms with Crippen LogP contribution in [0.3, 0.4) is 0 Å². The minimum atomic E-state index is -0.354. The summed E-state index contributed by atoms with van der Waals surface area (Å²) in [6.07, 6.45) is 1.46. The molecule has 0 aliphatic heterocycles. The number of nitrogens with one attached hydrogen (secondary N) is 1. The van der Waals surface area contributed by atoms with Crippen molar-refractivity contribution >= 4 is 11.6 Å². The maximum absolute atomic E-state index is 12.1. The number of aryl methyl sites for hydroxylation is 1. The van der Waals surface area contributed by atoms with Gasteiger partial charge in [0.25, 0.3) is 5.91 Å². The van der Waals surface area contributed by atoms with Gasteiger partial charge in [-0.3, -0.25) is 4.79 Å². The second-order valence-electron chi connectivity index (χ2n) is 4.80. The molecule has 2 rings (SSSR count). The van der Waals surface area contributed by atoms with Gasteiger partial charge in [0.05, 0.1) is 18.4 Å². The van der Waals surface area contributed by atoms with Gasteiger partial charge >= 0.3 is 0 Å². The summed E-state index contributed by atoms with van der Waals surface area (Å²) in [5.74, 6) is 1.05. The predicted molar refractivity (Wildman–Crippen MR) is 72.9 cm³/mol. The topological polar surface area (TPSA) is 107 Å². The highest BCUT2D eigenvalue weighted by Crippen LogP contribution is 2.13. The maximum Gasteiger partial charge on any atom is 0.272 e. The lowest BCUT2D eigenvalue weighted by Gasteiger charge is -2.08. The van der Waals surface area contributed by atoms with Crippen molar-refractivity contribution in [1.82, 2.24) is 20.4 Å². The standard InChI is InChI=1S/C13H17N5O2/c1-7(2)12-15-6-10(14)11(17-12)13(19)16-5-9-4-8(3)20-18-9/h4,6-7H,5,14H2,1-3H3,(H,16,19). The highest BCUT2D eigenvalue weighted by molar-refractivity contribution is 5.96. The van der Waals surface area contributed by atoms with Gasteiger partial charge in [-0.05, 0) is 6.92 Å². The number of carbonyl (C=O) groups is 1. The average Bonchev–Trinajstić information content (AvgIpc) is 2.82. The molecular formula is C13H17N5O2. The third kappa shape index (κ3) is 3.11. The number of rotatable bonds is 4. The Kier molecular flexibility index (Phi) is 3.97. The van der Waals surface area contributed by atoms with E-state index in [0.717, 1.165) is 0 Å². The molecule has 0 aromatic carbocycles. The number of nitrogens with zero attached hydrogens (tertiary/aromatic N) is 3. The first-order valence-electron chi connectivity index (χ1n) is 6.30. The monoisotopic (exact) mass is 275 g/mol. The number of nitrogens with two attached hydrogens (primary N) is 1. The molecule has 0 bridgehead atoms. The van der Waals surface area contributed by atoms with E-state index >= 15 is 0 Å². The smallest absolute Gasteiger partial charge is 0.272 e. The number of amides is 1. The minimum absolute atomic E-state index is 0.125. The van der Waals surface area contributed by atoms with Crippen LogP contribution in [0.2, 0.25) is 0 Å². The largest absolute Gasteiger partial charge is 0.396 e. The van der Waals surface area contributed by atoms with E-state index in [4.69, 9.17) is 10.3 Å². The summed E-state index contributed by atoms with van der Waals surface area (Å²) >= 11 is 0. The molecule has 2 aromatic rings. The molecule has 0 spiro atoms. The molecule has 0 aliphatic rings. The van der Waals surface area contributed by atoms with Gasteiger partial charge in [-0.2, -0.15) is 0 Å². The molecule has 0 atom stereocenters. The van der Waals surface area contributed by atoms with Crippen molar-refractivity contribution in [3.05, 3.63) is 35.2 Å². The van der Waals surface area contributed by atoms with Crippen LogP contribution < -0.4 is 11.1 Å². The molecule has 0 aliphatic carbocycles. The molecule has 0 saturated heterocycles. The van der Waals surface area contributed by atoms with Gasteiger partial charge in [-0.25, -0.2) is 9.97 Å². The molecule has 2 heterocycles. The molecule has 3 N–H and O–H groups in total. The zero-order valence-corrected chi connectivity index (χ0v) is 11.7. The Morgan fingerprint density at radius 1 is 1.50 bits per heavy atom. The number of hydrogen-bond donors (Lipinski definition) is 2. The van der Waals surface area contributed by atoms with E-state index in [9.17, 15) is 4.79 Å². The lowest BCUT2D eigenvalue weighted by atomic mass is 10.2. The molecular weight excluding hydrogens is 258 g/mol. The van der Waals surface area contributed by atoms with Crippen LogP contribution in [0.4, 0.5) is 5.69 Å². The van der Waals surface area contributed by atoms with Gasteiger partial charge in [0.2, 0.25) is 0 Å². The van der Waals surface area contributed by atoms with Crippen LogP contribution in [0, 0.1) is 6.92 Å². The normalized spacial score (nSPS) is 10.8. The van der Waals surface area contributed by atoms with E-state index in [1.54, 1.807) is 13.0 Å². The third-order valence-electron chi connectivity index (χ3n) is 2.67. The molecule has 7 nitrogen and oxygen atoms in total. The lowest BCUT2D eigenvalue weighted by Crippen LogP contribution is -2.26. The van der Waals surface area contributed by atoms with Gasteiger partial charge in [-0.15, -0.1) is 0 Å². The Bertz CT molecular complexity index is 621. The highest BCUT2D eigenvalue weighted by atomic mass is 16.5. The van der Waals surface area contributed by atoms with Crippen LogP contribution in [0.25, 0.3) is 0 Å². The van der Waals surface area contributed by atoms with E-state index in [1.807, 2.05) is 13.8 Å². The Hall–Kier alpha value is -2.44. The molecule has 0 unspecified atom stereocenters. The van der Waals surface area contributed by atoms with Crippen molar-refractivity contribution in [3.8, 4) is 0 Å². The summed E-state index contributed by atoms with van der Waals surface area (Å²) in [6, 6.07) is 1.75. The fraction of sp³-hybridized carbons (Fsp3) is 0.385. The minimum Gasteiger partial charge on any atom is -0.396 e. The zero-order chi connectivity index (χ0) is 14.7. The second kappa shape index (κ2) is 5.68. The number of hydrogen-bond acceptors (Lipinski definition) is 6. The molecule has 0 saturated carbocycles. The Morgan fingerprint density at radius 2 is 2.25 bits per heavy atom. The fourth-order valence-electron chi connectivity index (χ4n) is 1.62. The lowest BCUT2D eigenvalue weighted by molar-refractivity contribution is 0.0945. The van der Waals surface area contributed by atoms with Crippen LogP contribution in [-0.4, -0.2) is 21.0 Å². The Morgan fingerprint density at radius 3 is 2.85 bits per heavy atom. The Labute approximate surface area is 116 Å². The summed E-state index contributed by atoms with van der Waals surface area (Å²) in [7, 11) is 0. The van der Waals surface area contributed by atoms with Crippen molar-refractivity contribution in [2.45, 2.75) is 33.2 Å². The molecule has 20 heavy (non-hydrogen) atoms. The first-order valence-corrected chi connectivity index (χ1v) is 6.30. The molecule has 0 fully saturated rings. The maximum atomic E-state index is 12.1. The number of nitrogen functional groups attached to an aromatic ring is 1. The quantitative estimate of drug-likeness (QED) is 0.873. The van der Waals surface area contributed by atoms with Crippen LogP contribution in [0.5, 0.6) is 0 Å². The van der Waals surface area contributed by atoms with Crippen LogP contribution in [0.15, 0.2) is 16.8 Å². The van der Waals surface area contributed by atoms with Gasteiger partial charge in [0.15, 0.2) is 5.69 Å². The Balaban J connectivity index is 2.10. The van der Waals surface area contributed by atoms with Gasteiger partial charge in [0, 0.05) is 12.0 Å². The number of anilines is 1. The molecule has 106 valence electrons. The number of carbonyl (C=O) groups excluding carboxylic acids is 1. The highest BCUT2D eigenvalue weighted by Gasteiger charge is 2.15. The van der Waals surface area contributed by atoms with E-state index in [0.29, 0.717) is 17.3 Å². The summed E-state index contributed by atoms with van der Waals surface area (Å²) < 4.78 is 4.93. The van der Waals surface area contributed by atoms with E-state index < -0.39 is 0 Å². The third-order valence-corrected chi connectivity index (χ3v) is 2.67. The average molecular weight is 275 g/mol. The SMILES string of the molecule is Cc1cc(CNC(=O)c2nc(C(C)C)ncc2N)no1. The van der Waals surface area contributed by atoms with E-state index in [2.05, 4.69) is 20.4 Å². The second-order valence-corrected chi connectivity index (χ2v) is 4.80. The van der Waals surface area contributed by atoms with Gasteiger partial charge in [-0.1, -0.05) is 19.0 Å². The summed E-state index contributed by atoms with van der Waals surface area (Å²) in [5, 5.41) is 6.50. The van der Waals surface area contributed by atoms with Crippen molar-refractivity contribution < 1.29 is 9.32 Å². The molecule has 7 heteroatoms. The summed E-state index contributed by atoms with van der Waals surface area (Å²) in [6.45, 7) is 5.95. The zero-order valence-electron chi connectivity index (χ0n) is 11.7. The van der Waals surface area contributed by atoms with Crippen LogP contribution in [-0.2, 0) is 6.54 Å². The predicted octanol–water partition coefficient (Wildman–Crippen LogP) is 1.41. The molecule has 1 amide bonds. The van der Waals surface area contributed by atoms with E-state index in [1.165, 1.54) is 6.20 Å². The summed E-state index contributed by atoms with van der Waals surface area (Å²) in [5.41, 5.74) is 6.83. The number of aromatic nitrogens is 3. The van der Waals surface area contributed by atoms with Crippen molar-refractivity contribution in [2.24, 2.45) is 0 Å². The molecule has 2 aromatic heterocycles. The first-order chi connectivity index (χ1) is 9.47.